The lowest BCUT2D eigenvalue weighted by Crippen LogP contribution is -2.34. The highest BCUT2D eigenvalue weighted by Gasteiger charge is 2.42. The van der Waals surface area contributed by atoms with Gasteiger partial charge in [0.1, 0.15) is 5.41 Å². The second-order valence-corrected chi connectivity index (χ2v) is 4.52. The SMILES string of the molecule is CCCCC(CCCC)(C(=O)Cl)C(=O)Cl. The van der Waals surface area contributed by atoms with Gasteiger partial charge in [0.25, 0.3) is 0 Å². The quantitative estimate of drug-likeness (QED) is 0.486. The number of unbranched alkanes of at least 4 members (excludes halogenated alkanes) is 2. The maximum absolute atomic E-state index is 11.4. The van der Waals surface area contributed by atoms with E-state index >= 15 is 0 Å². The lowest BCUT2D eigenvalue weighted by molar-refractivity contribution is -0.132. The Morgan fingerprint density at radius 3 is 1.47 bits per heavy atom. The van der Waals surface area contributed by atoms with Gasteiger partial charge in [-0.25, -0.2) is 0 Å². The van der Waals surface area contributed by atoms with E-state index in [2.05, 4.69) is 0 Å². The number of carbonyl (C=O) groups is 2. The third kappa shape index (κ3) is 4.12. The van der Waals surface area contributed by atoms with Gasteiger partial charge in [0.15, 0.2) is 0 Å². The number of hydrogen-bond donors (Lipinski definition) is 0. The first-order valence-electron chi connectivity index (χ1n) is 5.41. The molecule has 15 heavy (non-hydrogen) atoms. The molecular formula is C11H18Cl2O2. The highest BCUT2D eigenvalue weighted by atomic mass is 35.5. The largest absolute Gasteiger partial charge is 0.280 e. The van der Waals surface area contributed by atoms with Gasteiger partial charge in [-0.15, -0.1) is 0 Å². The number of hydrogen-bond acceptors (Lipinski definition) is 2. The molecule has 0 fully saturated rings. The van der Waals surface area contributed by atoms with Gasteiger partial charge in [-0.2, -0.15) is 0 Å². The molecule has 0 amide bonds. The van der Waals surface area contributed by atoms with Gasteiger partial charge in [-0.3, -0.25) is 9.59 Å². The first-order chi connectivity index (χ1) is 7.01. The summed E-state index contributed by atoms with van der Waals surface area (Å²) in [5.41, 5.74) is -1.14. The van der Waals surface area contributed by atoms with Crippen LogP contribution in [0.3, 0.4) is 0 Å². The highest BCUT2D eigenvalue weighted by Crippen LogP contribution is 2.36. The van der Waals surface area contributed by atoms with Crippen LogP contribution in [0, 0.1) is 5.41 Å². The lowest BCUT2D eigenvalue weighted by atomic mass is 9.80. The monoisotopic (exact) mass is 252 g/mol. The van der Waals surface area contributed by atoms with E-state index < -0.39 is 15.9 Å². The van der Waals surface area contributed by atoms with Gasteiger partial charge in [-0.05, 0) is 36.0 Å². The second-order valence-electron chi connectivity index (χ2n) is 3.84. The summed E-state index contributed by atoms with van der Waals surface area (Å²) >= 11 is 11.0. The molecule has 0 aliphatic carbocycles. The van der Waals surface area contributed by atoms with E-state index in [1.54, 1.807) is 0 Å². The molecule has 0 unspecified atom stereocenters. The summed E-state index contributed by atoms with van der Waals surface area (Å²) < 4.78 is 0. The van der Waals surface area contributed by atoms with E-state index in [0.717, 1.165) is 25.7 Å². The Morgan fingerprint density at radius 1 is 0.933 bits per heavy atom. The normalized spacial score (nSPS) is 11.5. The van der Waals surface area contributed by atoms with Gasteiger partial charge in [0.05, 0.1) is 0 Å². The summed E-state index contributed by atoms with van der Waals surface area (Å²) in [6.07, 6.45) is 4.36. The van der Waals surface area contributed by atoms with Crippen LogP contribution in [0.5, 0.6) is 0 Å². The molecule has 0 radical (unpaired) electrons. The van der Waals surface area contributed by atoms with Crippen molar-refractivity contribution in [3.05, 3.63) is 0 Å². The molecule has 88 valence electrons. The molecule has 2 nitrogen and oxygen atoms in total. The van der Waals surface area contributed by atoms with Crippen LogP contribution in [-0.2, 0) is 9.59 Å². The van der Waals surface area contributed by atoms with Crippen LogP contribution < -0.4 is 0 Å². The predicted molar refractivity (Wildman–Crippen MR) is 63.2 cm³/mol. The Labute approximate surface area is 101 Å². The summed E-state index contributed by atoms with van der Waals surface area (Å²) in [5.74, 6) is 0. The zero-order valence-corrected chi connectivity index (χ0v) is 10.8. The lowest BCUT2D eigenvalue weighted by Gasteiger charge is -2.25. The first-order valence-corrected chi connectivity index (χ1v) is 6.16. The summed E-state index contributed by atoms with van der Waals surface area (Å²) in [6, 6.07) is 0. The van der Waals surface area contributed by atoms with Crippen LogP contribution in [-0.4, -0.2) is 10.5 Å². The third-order valence-corrected chi connectivity index (χ3v) is 3.39. The van der Waals surface area contributed by atoms with Crippen molar-refractivity contribution in [2.24, 2.45) is 5.41 Å². The molecule has 0 N–H and O–H groups in total. The Hall–Kier alpha value is -0.0800. The van der Waals surface area contributed by atoms with Crippen LogP contribution in [0.15, 0.2) is 0 Å². The Kier molecular flexibility index (Phi) is 7.20. The molecule has 0 aromatic carbocycles. The fourth-order valence-electron chi connectivity index (χ4n) is 1.55. The van der Waals surface area contributed by atoms with Crippen LogP contribution >= 0.6 is 23.2 Å². The molecule has 0 aromatic rings. The van der Waals surface area contributed by atoms with E-state index in [-0.39, 0.29) is 0 Å². The predicted octanol–water partition coefficient (Wildman–Crippen LogP) is 3.88. The van der Waals surface area contributed by atoms with Gasteiger partial charge >= 0.3 is 0 Å². The van der Waals surface area contributed by atoms with Gasteiger partial charge in [0.2, 0.25) is 10.5 Å². The Balaban J connectivity index is 4.73. The van der Waals surface area contributed by atoms with Crippen molar-refractivity contribution in [1.29, 1.82) is 0 Å². The number of halogens is 2. The van der Waals surface area contributed by atoms with Crippen LogP contribution in [0.4, 0.5) is 0 Å². The molecule has 0 spiro atoms. The minimum Gasteiger partial charge on any atom is -0.280 e. The summed E-state index contributed by atoms with van der Waals surface area (Å²) in [5, 5.41) is -1.21. The minimum atomic E-state index is -1.14. The number of rotatable bonds is 8. The van der Waals surface area contributed by atoms with Crippen molar-refractivity contribution in [2.75, 3.05) is 0 Å². The molecule has 0 saturated heterocycles. The van der Waals surface area contributed by atoms with E-state index in [1.165, 1.54) is 0 Å². The maximum atomic E-state index is 11.4. The highest BCUT2D eigenvalue weighted by molar-refractivity contribution is 6.74. The van der Waals surface area contributed by atoms with Crippen LogP contribution in [0.1, 0.15) is 52.4 Å². The zero-order valence-electron chi connectivity index (χ0n) is 9.32. The van der Waals surface area contributed by atoms with Crippen molar-refractivity contribution >= 4 is 33.7 Å². The molecule has 0 aliphatic rings. The van der Waals surface area contributed by atoms with E-state index in [4.69, 9.17) is 23.2 Å². The van der Waals surface area contributed by atoms with Crippen molar-refractivity contribution < 1.29 is 9.59 Å². The summed E-state index contributed by atoms with van der Waals surface area (Å²) in [7, 11) is 0. The maximum Gasteiger partial charge on any atom is 0.236 e. The van der Waals surface area contributed by atoms with Gasteiger partial charge < -0.3 is 0 Å². The van der Waals surface area contributed by atoms with E-state index in [1.807, 2.05) is 13.8 Å². The fraction of sp³-hybridized carbons (Fsp3) is 0.818. The summed E-state index contributed by atoms with van der Waals surface area (Å²) in [6.45, 7) is 4.00. The summed E-state index contributed by atoms with van der Waals surface area (Å²) in [4.78, 5) is 22.8. The third-order valence-electron chi connectivity index (χ3n) is 2.67. The number of carbonyl (C=O) groups excluding carboxylic acids is 2. The standard InChI is InChI=1S/C11H18Cl2O2/c1-3-5-7-11(9(12)14,10(13)15)8-6-4-2/h3-8H2,1-2H3. The van der Waals surface area contributed by atoms with Gasteiger partial charge in [0, 0.05) is 0 Å². The molecule has 0 rings (SSSR count). The molecule has 0 aliphatic heterocycles. The Bertz CT molecular complexity index is 203. The van der Waals surface area contributed by atoms with Crippen LogP contribution in [0.25, 0.3) is 0 Å². The van der Waals surface area contributed by atoms with E-state index in [9.17, 15) is 9.59 Å². The van der Waals surface area contributed by atoms with Crippen molar-refractivity contribution in [3.63, 3.8) is 0 Å². The van der Waals surface area contributed by atoms with E-state index in [0.29, 0.717) is 12.8 Å². The Morgan fingerprint density at radius 2 is 1.27 bits per heavy atom. The zero-order chi connectivity index (χ0) is 11.9. The molecule has 0 atom stereocenters. The minimum absolute atomic E-state index is 0.466. The first kappa shape index (κ1) is 14.9. The average molecular weight is 253 g/mol. The molecule has 0 bridgehead atoms. The topological polar surface area (TPSA) is 34.1 Å². The van der Waals surface area contributed by atoms with Crippen molar-refractivity contribution in [1.82, 2.24) is 0 Å². The second kappa shape index (κ2) is 7.24. The average Bonchev–Trinajstić information content (AvgIpc) is 2.17. The smallest absolute Gasteiger partial charge is 0.236 e. The fourth-order valence-corrected chi connectivity index (χ4v) is 2.15. The van der Waals surface area contributed by atoms with Crippen molar-refractivity contribution in [2.45, 2.75) is 52.4 Å². The van der Waals surface area contributed by atoms with Crippen LogP contribution in [0.2, 0.25) is 0 Å². The molecule has 0 aromatic heterocycles. The molecule has 4 heteroatoms. The molecule has 0 heterocycles. The molecule has 0 saturated carbocycles. The van der Waals surface area contributed by atoms with Gasteiger partial charge in [-0.1, -0.05) is 39.5 Å². The molecular weight excluding hydrogens is 235 g/mol. The van der Waals surface area contributed by atoms with Crippen molar-refractivity contribution in [3.8, 4) is 0 Å².